The van der Waals surface area contributed by atoms with Crippen LogP contribution in [0.25, 0.3) is 0 Å². The van der Waals surface area contributed by atoms with Gasteiger partial charge in [0.1, 0.15) is 13.2 Å². The molecule has 0 rings (SSSR count). The van der Waals surface area contributed by atoms with Gasteiger partial charge in [0.25, 0.3) is 0 Å². The van der Waals surface area contributed by atoms with Crippen LogP contribution in [-0.4, -0.2) is 37.2 Å². The third-order valence-electron chi connectivity index (χ3n) is 13.3. The predicted octanol–water partition coefficient (Wildman–Crippen LogP) is 21.4. The quantitative estimate of drug-likeness (QED) is 0.0261. The molecule has 1 unspecified atom stereocenters. The lowest BCUT2D eigenvalue weighted by Crippen LogP contribution is -2.30. The van der Waals surface area contributed by atoms with Crippen LogP contribution < -0.4 is 0 Å². The molecule has 0 amide bonds. The van der Waals surface area contributed by atoms with E-state index in [1.54, 1.807) is 0 Å². The van der Waals surface area contributed by atoms with Crippen molar-refractivity contribution in [1.82, 2.24) is 0 Å². The molecule has 0 saturated heterocycles. The highest BCUT2D eigenvalue weighted by Crippen LogP contribution is 2.16. The summed E-state index contributed by atoms with van der Waals surface area (Å²) in [6, 6.07) is 0. The molecule has 0 saturated carbocycles. The van der Waals surface area contributed by atoms with Crippen LogP contribution in [0.3, 0.4) is 0 Å². The van der Waals surface area contributed by atoms with E-state index in [0.29, 0.717) is 19.3 Å². The average Bonchev–Trinajstić information content (AvgIpc) is 3.41. The molecule has 6 heteroatoms. The van der Waals surface area contributed by atoms with Crippen molar-refractivity contribution >= 4 is 17.9 Å². The molecule has 75 heavy (non-hydrogen) atoms. The van der Waals surface area contributed by atoms with Crippen LogP contribution in [0.15, 0.2) is 109 Å². The van der Waals surface area contributed by atoms with E-state index in [-0.39, 0.29) is 31.1 Å². The molecule has 428 valence electrons. The molecule has 0 aromatic carbocycles. The Labute approximate surface area is 463 Å². The van der Waals surface area contributed by atoms with E-state index in [0.717, 1.165) is 135 Å². The molecule has 0 bridgehead atoms. The van der Waals surface area contributed by atoms with Gasteiger partial charge in [-0.2, -0.15) is 0 Å². The number of ether oxygens (including phenoxy) is 3. The van der Waals surface area contributed by atoms with Gasteiger partial charge >= 0.3 is 17.9 Å². The Morgan fingerprint density at radius 3 is 0.853 bits per heavy atom. The number of hydrogen-bond acceptors (Lipinski definition) is 6. The van der Waals surface area contributed by atoms with Crippen LogP contribution >= 0.6 is 0 Å². The van der Waals surface area contributed by atoms with E-state index in [1.807, 2.05) is 0 Å². The van der Waals surface area contributed by atoms with Crippen molar-refractivity contribution in [3.8, 4) is 0 Å². The number of hydrogen-bond donors (Lipinski definition) is 0. The Hall–Kier alpha value is -3.93. The molecular weight excluding hydrogens is 925 g/mol. The van der Waals surface area contributed by atoms with E-state index >= 15 is 0 Å². The second kappa shape index (κ2) is 62.6. The molecule has 0 aromatic rings. The minimum Gasteiger partial charge on any atom is -0.462 e. The summed E-state index contributed by atoms with van der Waals surface area (Å²) >= 11 is 0. The summed E-state index contributed by atoms with van der Waals surface area (Å²) in [5, 5.41) is 0. The van der Waals surface area contributed by atoms with Gasteiger partial charge in [-0.25, -0.2) is 0 Å². The monoisotopic (exact) mass is 1040 g/mol. The van der Waals surface area contributed by atoms with E-state index in [2.05, 4.69) is 130 Å². The minimum absolute atomic E-state index is 0.0855. The van der Waals surface area contributed by atoms with Crippen LogP contribution in [0.4, 0.5) is 0 Å². The van der Waals surface area contributed by atoms with Crippen molar-refractivity contribution in [3.63, 3.8) is 0 Å². The van der Waals surface area contributed by atoms with E-state index in [9.17, 15) is 14.4 Å². The van der Waals surface area contributed by atoms with Crippen LogP contribution in [0.5, 0.6) is 0 Å². The first-order chi connectivity index (χ1) is 37.0. The summed E-state index contributed by atoms with van der Waals surface area (Å²) in [4.78, 5) is 38.2. The van der Waals surface area contributed by atoms with Gasteiger partial charge in [0, 0.05) is 19.3 Å². The molecule has 0 radical (unpaired) electrons. The van der Waals surface area contributed by atoms with Gasteiger partial charge in [-0.15, -0.1) is 0 Å². The smallest absolute Gasteiger partial charge is 0.306 e. The fraction of sp³-hybridized carbons (Fsp3) is 0.696. The van der Waals surface area contributed by atoms with Crippen LogP contribution in [0, 0.1) is 0 Å². The highest BCUT2D eigenvalue weighted by Gasteiger charge is 2.19. The summed E-state index contributed by atoms with van der Waals surface area (Å²) in [6.45, 7) is 6.48. The Balaban J connectivity index is 4.32. The molecule has 0 aliphatic heterocycles. The molecule has 0 heterocycles. The Morgan fingerprint density at radius 1 is 0.280 bits per heavy atom. The van der Waals surface area contributed by atoms with Crippen molar-refractivity contribution in [2.75, 3.05) is 13.2 Å². The highest BCUT2D eigenvalue weighted by molar-refractivity contribution is 5.71. The summed E-state index contributed by atoms with van der Waals surface area (Å²) < 4.78 is 16.9. The van der Waals surface area contributed by atoms with Crippen LogP contribution in [0.2, 0.25) is 0 Å². The molecule has 0 fully saturated rings. The maximum Gasteiger partial charge on any atom is 0.306 e. The fourth-order valence-corrected chi connectivity index (χ4v) is 8.56. The minimum atomic E-state index is -0.790. The standard InChI is InChI=1S/C69H116O6/c1-4-7-10-13-16-19-22-25-28-29-30-31-32-33-34-35-36-37-38-39-40-41-42-45-47-50-53-56-59-62-68(71)74-65-66(75-69(72)63-60-57-54-51-48-44-27-24-21-18-15-12-9-6-3)64-73-67(70)61-58-55-52-49-46-43-26-23-20-17-14-11-8-5-2/h7,10,15-16,18-19,24-25,27-28,30-31,33-34,36-37,39-40,66H,4-6,8-9,11-14,17,20-23,26,29,32,35,38,41-65H2,1-3H3/b10-7-,18-15-,19-16-,27-24-,28-25-,31-30-,34-33-,37-36-,40-39-. The van der Waals surface area contributed by atoms with Gasteiger partial charge in [0.05, 0.1) is 0 Å². The lowest BCUT2D eigenvalue weighted by atomic mass is 10.0. The molecule has 0 aliphatic carbocycles. The number of esters is 3. The second-order valence-corrected chi connectivity index (χ2v) is 20.6. The topological polar surface area (TPSA) is 78.9 Å². The third kappa shape index (κ3) is 60.8. The number of carbonyl (C=O) groups excluding carboxylic acids is 3. The third-order valence-corrected chi connectivity index (χ3v) is 13.3. The lowest BCUT2D eigenvalue weighted by Gasteiger charge is -2.18. The van der Waals surface area contributed by atoms with Gasteiger partial charge in [-0.3, -0.25) is 14.4 Å². The Morgan fingerprint density at radius 2 is 0.533 bits per heavy atom. The molecule has 6 nitrogen and oxygen atoms in total. The number of unbranched alkanes of at least 4 members (excludes halogenated alkanes) is 27. The van der Waals surface area contributed by atoms with Gasteiger partial charge in [0.2, 0.25) is 0 Å². The largest absolute Gasteiger partial charge is 0.462 e. The summed E-state index contributed by atoms with van der Waals surface area (Å²) in [5.41, 5.74) is 0. The van der Waals surface area contributed by atoms with Crippen molar-refractivity contribution in [2.45, 2.75) is 297 Å². The van der Waals surface area contributed by atoms with Crippen molar-refractivity contribution in [3.05, 3.63) is 109 Å². The SMILES string of the molecule is CC/C=C\C/C=C\C/C=C\C/C=C\C/C=C\C/C=C\C/C=C\CCCCCCCCCC(=O)OCC(COC(=O)CCCCCCCCCCCCCCCC)OC(=O)CCCCCCC/C=C\C/C=C\CCCC. The Kier molecular flexibility index (Phi) is 59.3. The Bertz CT molecular complexity index is 1520. The van der Waals surface area contributed by atoms with Crippen LogP contribution in [0.1, 0.15) is 290 Å². The average molecular weight is 1040 g/mol. The lowest BCUT2D eigenvalue weighted by molar-refractivity contribution is -0.167. The molecule has 0 spiro atoms. The first kappa shape index (κ1) is 71.1. The van der Waals surface area contributed by atoms with Gasteiger partial charge < -0.3 is 14.2 Å². The van der Waals surface area contributed by atoms with Crippen molar-refractivity contribution in [1.29, 1.82) is 0 Å². The fourth-order valence-electron chi connectivity index (χ4n) is 8.56. The van der Waals surface area contributed by atoms with E-state index in [4.69, 9.17) is 14.2 Å². The van der Waals surface area contributed by atoms with Crippen molar-refractivity contribution in [2.24, 2.45) is 0 Å². The first-order valence-electron chi connectivity index (χ1n) is 31.4. The maximum absolute atomic E-state index is 12.9. The molecule has 0 N–H and O–H groups in total. The van der Waals surface area contributed by atoms with Gasteiger partial charge in [0.15, 0.2) is 6.10 Å². The first-order valence-corrected chi connectivity index (χ1v) is 31.4. The zero-order valence-electron chi connectivity index (χ0n) is 49.0. The van der Waals surface area contributed by atoms with Crippen LogP contribution in [-0.2, 0) is 28.6 Å². The number of carbonyl (C=O) groups is 3. The molecule has 0 aromatic heterocycles. The zero-order valence-corrected chi connectivity index (χ0v) is 49.0. The second-order valence-electron chi connectivity index (χ2n) is 20.6. The summed E-state index contributed by atoms with van der Waals surface area (Å²) in [5.74, 6) is -0.905. The number of allylic oxidation sites excluding steroid dienone is 18. The normalized spacial score (nSPS) is 12.8. The molecule has 1 atom stereocenters. The maximum atomic E-state index is 12.9. The van der Waals surface area contributed by atoms with E-state index in [1.165, 1.54) is 116 Å². The number of rotatable bonds is 56. The van der Waals surface area contributed by atoms with Gasteiger partial charge in [-0.1, -0.05) is 278 Å². The summed E-state index contributed by atoms with van der Waals surface area (Å²) in [7, 11) is 0. The van der Waals surface area contributed by atoms with E-state index < -0.39 is 6.10 Å². The molecule has 0 aliphatic rings. The molecular formula is C69H116O6. The zero-order chi connectivity index (χ0) is 54.3. The van der Waals surface area contributed by atoms with Gasteiger partial charge in [-0.05, 0) is 103 Å². The highest BCUT2D eigenvalue weighted by atomic mass is 16.6. The summed E-state index contributed by atoms with van der Waals surface area (Å²) in [6.07, 6.45) is 85.1. The predicted molar refractivity (Wildman–Crippen MR) is 325 cm³/mol. The van der Waals surface area contributed by atoms with Crippen molar-refractivity contribution < 1.29 is 28.6 Å².